The molecule has 1 heterocycles. The van der Waals surface area contributed by atoms with Crippen LogP contribution in [-0.2, 0) is 10.0 Å². The number of amides is 1. The van der Waals surface area contributed by atoms with E-state index in [1.165, 1.54) is 0 Å². The van der Waals surface area contributed by atoms with Gasteiger partial charge in [-0.05, 0) is 37.0 Å². The van der Waals surface area contributed by atoms with Crippen LogP contribution < -0.4 is 5.14 Å². The minimum atomic E-state index is -4.06. The number of likely N-dealkylation sites (tertiary alicyclic amines) is 1. The van der Waals surface area contributed by atoms with Crippen molar-refractivity contribution in [1.29, 1.82) is 0 Å². The van der Waals surface area contributed by atoms with Gasteiger partial charge in [-0.1, -0.05) is 13.3 Å². The van der Waals surface area contributed by atoms with E-state index in [0.29, 0.717) is 19.0 Å². The van der Waals surface area contributed by atoms with E-state index in [0.717, 1.165) is 37.5 Å². The van der Waals surface area contributed by atoms with Crippen molar-refractivity contribution >= 4 is 15.9 Å². The van der Waals surface area contributed by atoms with E-state index in [2.05, 4.69) is 6.92 Å². The third kappa shape index (κ3) is 3.59. The molecule has 5 nitrogen and oxygen atoms in total. The molecule has 116 valence electrons. The van der Waals surface area contributed by atoms with Crippen LogP contribution in [0.5, 0.6) is 0 Å². The van der Waals surface area contributed by atoms with Gasteiger partial charge < -0.3 is 4.90 Å². The van der Waals surface area contributed by atoms with Crippen molar-refractivity contribution in [3.63, 3.8) is 0 Å². The van der Waals surface area contributed by atoms with Gasteiger partial charge in [-0.25, -0.2) is 17.9 Å². The number of primary sulfonamides is 1. The summed E-state index contributed by atoms with van der Waals surface area (Å²) in [5.41, 5.74) is -0.186. The van der Waals surface area contributed by atoms with Crippen molar-refractivity contribution in [1.82, 2.24) is 4.90 Å². The van der Waals surface area contributed by atoms with Crippen LogP contribution in [0, 0.1) is 11.7 Å². The van der Waals surface area contributed by atoms with Gasteiger partial charge in [0, 0.05) is 13.1 Å². The number of halogens is 1. The Morgan fingerprint density at radius 3 is 2.81 bits per heavy atom. The number of benzene rings is 1. The smallest absolute Gasteiger partial charge is 0.255 e. The molecule has 1 aromatic rings. The van der Waals surface area contributed by atoms with Gasteiger partial charge in [0.2, 0.25) is 10.0 Å². The molecule has 2 N–H and O–H groups in total. The van der Waals surface area contributed by atoms with Crippen LogP contribution in [0.2, 0.25) is 0 Å². The predicted molar refractivity (Wildman–Crippen MR) is 76.7 cm³/mol. The van der Waals surface area contributed by atoms with Crippen LogP contribution in [0.25, 0.3) is 0 Å². The molecule has 0 spiro atoms. The van der Waals surface area contributed by atoms with E-state index in [1.807, 2.05) is 0 Å². The summed E-state index contributed by atoms with van der Waals surface area (Å²) in [6, 6.07) is 2.97. The Morgan fingerprint density at radius 2 is 2.19 bits per heavy atom. The third-order valence-corrected chi connectivity index (χ3v) is 4.72. The highest BCUT2D eigenvalue weighted by Crippen LogP contribution is 2.25. The van der Waals surface area contributed by atoms with Crippen LogP contribution >= 0.6 is 0 Å². The lowest BCUT2D eigenvalue weighted by atomic mass is 10.0. The van der Waals surface area contributed by atoms with Crippen LogP contribution in [0.3, 0.4) is 0 Å². The SMILES string of the molecule is CCCC1CCN(C(=O)c2cc(F)ccc2S(N)(=O)=O)C1. The largest absolute Gasteiger partial charge is 0.338 e. The maximum atomic E-state index is 13.4. The topological polar surface area (TPSA) is 80.5 Å². The number of hydrogen-bond donors (Lipinski definition) is 1. The van der Waals surface area contributed by atoms with Gasteiger partial charge in [-0.3, -0.25) is 4.79 Å². The first kappa shape index (κ1) is 15.9. The van der Waals surface area contributed by atoms with Gasteiger partial charge in [0.25, 0.3) is 5.91 Å². The first-order valence-corrected chi connectivity index (χ1v) is 8.49. The Hall–Kier alpha value is -1.47. The first-order valence-electron chi connectivity index (χ1n) is 6.94. The van der Waals surface area contributed by atoms with Crippen molar-refractivity contribution in [2.75, 3.05) is 13.1 Å². The van der Waals surface area contributed by atoms with Crippen molar-refractivity contribution in [3.05, 3.63) is 29.6 Å². The van der Waals surface area contributed by atoms with Gasteiger partial charge in [0.1, 0.15) is 5.82 Å². The van der Waals surface area contributed by atoms with Gasteiger partial charge in [-0.2, -0.15) is 0 Å². The quantitative estimate of drug-likeness (QED) is 0.919. The summed E-state index contributed by atoms with van der Waals surface area (Å²) < 4.78 is 36.4. The third-order valence-electron chi connectivity index (χ3n) is 3.75. The second-order valence-electron chi connectivity index (χ2n) is 5.38. The molecular weight excluding hydrogens is 295 g/mol. The molecule has 7 heteroatoms. The highest BCUT2D eigenvalue weighted by molar-refractivity contribution is 7.89. The summed E-state index contributed by atoms with van der Waals surface area (Å²) in [6.45, 7) is 3.22. The Bertz CT molecular complexity index is 646. The van der Waals surface area contributed by atoms with Crippen LogP contribution in [0.15, 0.2) is 23.1 Å². The number of nitrogens with two attached hydrogens (primary N) is 1. The minimum absolute atomic E-state index is 0.186. The Balaban J connectivity index is 2.30. The van der Waals surface area contributed by atoms with Gasteiger partial charge in [-0.15, -0.1) is 0 Å². The second kappa shape index (κ2) is 6.11. The van der Waals surface area contributed by atoms with Gasteiger partial charge >= 0.3 is 0 Å². The highest BCUT2D eigenvalue weighted by atomic mass is 32.2. The summed E-state index contributed by atoms with van der Waals surface area (Å²) in [7, 11) is -4.06. The molecular formula is C14H19FN2O3S. The number of sulfonamides is 1. The number of hydrogen-bond acceptors (Lipinski definition) is 3. The highest BCUT2D eigenvalue weighted by Gasteiger charge is 2.29. The van der Waals surface area contributed by atoms with E-state index < -0.39 is 21.7 Å². The lowest BCUT2D eigenvalue weighted by Crippen LogP contribution is -2.30. The van der Waals surface area contributed by atoms with Crippen molar-refractivity contribution in [3.8, 4) is 0 Å². The lowest BCUT2D eigenvalue weighted by molar-refractivity contribution is 0.0782. The van der Waals surface area contributed by atoms with E-state index in [9.17, 15) is 17.6 Å². The van der Waals surface area contributed by atoms with Crippen LogP contribution in [0.1, 0.15) is 36.5 Å². The normalized spacial score (nSPS) is 19.0. The molecule has 0 aromatic heterocycles. The standard InChI is InChI=1S/C14H19FN2O3S/c1-2-3-10-6-7-17(9-10)14(18)12-8-11(15)4-5-13(12)21(16,19)20/h4-5,8,10H,2-3,6-7,9H2,1H3,(H2,16,19,20). The van der Waals surface area contributed by atoms with Gasteiger partial charge in [0.15, 0.2) is 0 Å². The van der Waals surface area contributed by atoms with E-state index >= 15 is 0 Å². The van der Waals surface area contributed by atoms with E-state index in [4.69, 9.17) is 5.14 Å². The summed E-state index contributed by atoms with van der Waals surface area (Å²) >= 11 is 0. The van der Waals surface area contributed by atoms with Crippen molar-refractivity contribution in [2.45, 2.75) is 31.1 Å². The molecule has 21 heavy (non-hydrogen) atoms. The zero-order valence-electron chi connectivity index (χ0n) is 11.9. The fraction of sp³-hybridized carbons (Fsp3) is 0.500. The fourth-order valence-electron chi connectivity index (χ4n) is 2.75. The first-order chi connectivity index (χ1) is 9.82. The number of rotatable bonds is 4. The molecule has 1 aliphatic rings. The lowest BCUT2D eigenvalue weighted by Gasteiger charge is -2.18. The molecule has 0 radical (unpaired) electrons. The molecule has 1 atom stereocenters. The Labute approximate surface area is 124 Å². The molecule has 0 bridgehead atoms. The molecule has 0 saturated carbocycles. The molecule has 1 fully saturated rings. The Kier molecular flexibility index (Phi) is 4.63. The summed E-state index contributed by atoms with van der Waals surface area (Å²) in [5.74, 6) is -0.711. The zero-order valence-corrected chi connectivity index (χ0v) is 12.7. The number of carbonyl (C=O) groups excluding carboxylic acids is 1. The Morgan fingerprint density at radius 1 is 1.48 bits per heavy atom. The zero-order chi connectivity index (χ0) is 15.6. The fourth-order valence-corrected chi connectivity index (χ4v) is 3.46. The second-order valence-corrected chi connectivity index (χ2v) is 6.91. The molecule has 1 unspecified atom stereocenters. The molecule has 1 aliphatic heterocycles. The molecule has 1 saturated heterocycles. The van der Waals surface area contributed by atoms with Crippen LogP contribution in [-0.4, -0.2) is 32.3 Å². The van der Waals surface area contributed by atoms with Gasteiger partial charge in [0.05, 0.1) is 10.5 Å². The summed E-state index contributed by atoms with van der Waals surface area (Å²) in [4.78, 5) is 13.7. The number of carbonyl (C=O) groups is 1. The maximum Gasteiger partial charge on any atom is 0.255 e. The van der Waals surface area contributed by atoms with E-state index in [-0.39, 0.29) is 10.5 Å². The molecule has 1 amide bonds. The summed E-state index contributed by atoms with van der Waals surface area (Å²) in [6.07, 6.45) is 2.95. The summed E-state index contributed by atoms with van der Waals surface area (Å²) in [5, 5.41) is 5.10. The van der Waals surface area contributed by atoms with E-state index in [1.54, 1.807) is 4.90 Å². The molecule has 0 aliphatic carbocycles. The average molecular weight is 314 g/mol. The van der Waals surface area contributed by atoms with Crippen molar-refractivity contribution < 1.29 is 17.6 Å². The predicted octanol–water partition coefficient (Wildman–Crippen LogP) is 1.74. The molecule has 2 rings (SSSR count). The van der Waals surface area contributed by atoms with Crippen LogP contribution in [0.4, 0.5) is 4.39 Å². The monoisotopic (exact) mass is 314 g/mol. The van der Waals surface area contributed by atoms with Crippen molar-refractivity contribution in [2.24, 2.45) is 11.1 Å². The molecule has 1 aromatic carbocycles. The minimum Gasteiger partial charge on any atom is -0.338 e. The maximum absolute atomic E-state index is 13.4. The average Bonchev–Trinajstić information content (AvgIpc) is 2.85. The number of nitrogens with zero attached hydrogens (tertiary/aromatic N) is 1.